The SMILES string of the molecule is CCN(Cn1nc(-c2ccc(C(C)(C)C)cc2)n(C)c1=S)C1CCS(=O)(=O)C1. The van der Waals surface area contributed by atoms with E-state index >= 15 is 0 Å². The van der Waals surface area contributed by atoms with E-state index in [2.05, 4.69) is 49.9 Å². The molecule has 0 radical (unpaired) electrons. The van der Waals surface area contributed by atoms with Crippen LogP contribution in [0.25, 0.3) is 11.4 Å². The van der Waals surface area contributed by atoms with Gasteiger partial charge in [0.05, 0.1) is 18.2 Å². The average Bonchev–Trinajstić information content (AvgIpc) is 3.12. The molecule has 0 saturated carbocycles. The number of hydrogen-bond donors (Lipinski definition) is 0. The molecule has 0 aliphatic carbocycles. The van der Waals surface area contributed by atoms with Crippen LogP contribution in [-0.2, 0) is 29.0 Å². The first-order valence-corrected chi connectivity index (χ1v) is 11.9. The maximum absolute atomic E-state index is 11.8. The van der Waals surface area contributed by atoms with Crippen molar-refractivity contribution < 1.29 is 8.42 Å². The molecule has 3 rings (SSSR count). The summed E-state index contributed by atoms with van der Waals surface area (Å²) >= 11 is 5.60. The third-order valence-electron chi connectivity index (χ3n) is 5.50. The molecule has 0 amide bonds. The maximum Gasteiger partial charge on any atom is 0.199 e. The number of aromatic nitrogens is 3. The summed E-state index contributed by atoms with van der Waals surface area (Å²) in [5.41, 5.74) is 2.40. The summed E-state index contributed by atoms with van der Waals surface area (Å²) in [6.45, 7) is 9.89. The van der Waals surface area contributed by atoms with Gasteiger partial charge >= 0.3 is 0 Å². The second-order valence-corrected chi connectivity index (χ2v) is 11.2. The van der Waals surface area contributed by atoms with Crippen molar-refractivity contribution in [2.75, 3.05) is 18.1 Å². The smallest absolute Gasteiger partial charge is 0.199 e. The van der Waals surface area contributed by atoms with Crippen LogP contribution < -0.4 is 0 Å². The first-order valence-electron chi connectivity index (χ1n) is 9.71. The van der Waals surface area contributed by atoms with E-state index in [0.29, 0.717) is 17.9 Å². The van der Waals surface area contributed by atoms with Crippen molar-refractivity contribution in [3.8, 4) is 11.4 Å². The van der Waals surface area contributed by atoms with Crippen molar-refractivity contribution in [3.63, 3.8) is 0 Å². The second-order valence-electron chi connectivity index (χ2n) is 8.60. The molecule has 6 nitrogen and oxygen atoms in total. The summed E-state index contributed by atoms with van der Waals surface area (Å²) in [5.74, 6) is 1.32. The van der Waals surface area contributed by atoms with Crippen LogP contribution in [0, 0.1) is 4.77 Å². The molecule has 2 heterocycles. The van der Waals surface area contributed by atoms with Crippen LogP contribution in [0.3, 0.4) is 0 Å². The minimum absolute atomic E-state index is 0.0356. The minimum atomic E-state index is -2.92. The molecule has 154 valence electrons. The van der Waals surface area contributed by atoms with Gasteiger partial charge in [0.25, 0.3) is 0 Å². The number of sulfone groups is 1. The molecule has 0 bridgehead atoms. The Kier molecular flexibility index (Phi) is 5.85. The molecule has 1 aromatic heterocycles. The van der Waals surface area contributed by atoms with Gasteiger partial charge in [0.2, 0.25) is 0 Å². The molecule has 1 saturated heterocycles. The van der Waals surface area contributed by atoms with Gasteiger partial charge < -0.3 is 4.57 Å². The summed E-state index contributed by atoms with van der Waals surface area (Å²) in [4.78, 5) is 2.15. The molecule has 2 aromatic rings. The average molecular weight is 423 g/mol. The number of benzene rings is 1. The van der Waals surface area contributed by atoms with Crippen molar-refractivity contribution in [2.24, 2.45) is 7.05 Å². The molecule has 28 heavy (non-hydrogen) atoms. The van der Waals surface area contributed by atoms with Crippen LogP contribution in [0.2, 0.25) is 0 Å². The van der Waals surface area contributed by atoms with E-state index in [9.17, 15) is 8.42 Å². The van der Waals surface area contributed by atoms with Crippen LogP contribution in [0.5, 0.6) is 0 Å². The van der Waals surface area contributed by atoms with Crippen LogP contribution in [0.4, 0.5) is 0 Å². The molecule has 1 aromatic carbocycles. The Morgan fingerprint density at radius 2 is 1.89 bits per heavy atom. The van der Waals surface area contributed by atoms with E-state index < -0.39 is 9.84 Å². The highest BCUT2D eigenvalue weighted by Gasteiger charge is 2.32. The number of rotatable bonds is 5. The molecule has 1 atom stereocenters. The number of nitrogens with zero attached hydrogens (tertiary/aromatic N) is 4. The van der Waals surface area contributed by atoms with Gasteiger partial charge in [-0.3, -0.25) is 4.90 Å². The van der Waals surface area contributed by atoms with Gasteiger partial charge in [-0.05, 0) is 36.2 Å². The van der Waals surface area contributed by atoms with E-state index in [4.69, 9.17) is 17.3 Å². The molecule has 1 unspecified atom stereocenters. The molecule has 0 spiro atoms. The van der Waals surface area contributed by atoms with E-state index in [1.165, 1.54) is 5.56 Å². The lowest BCUT2D eigenvalue weighted by atomic mass is 9.87. The molecule has 1 aliphatic heterocycles. The Bertz CT molecular complexity index is 998. The minimum Gasteiger partial charge on any atom is -0.303 e. The van der Waals surface area contributed by atoms with Gasteiger partial charge in [0.1, 0.15) is 0 Å². The van der Waals surface area contributed by atoms with E-state index in [1.54, 1.807) is 4.68 Å². The third-order valence-corrected chi connectivity index (χ3v) is 7.73. The van der Waals surface area contributed by atoms with Crippen LogP contribution in [0.1, 0.15) is 39.7 Å². The lowest BCUT2D eigenvalue weighted by molar-refractivity contribution is 0.164. The highest BCUT2D eigenvalue weighted by Crippen LogP contribution is 2.26. The van der Waals surface area contributed by atoms with Crippen molar-refractivity contribution in [2.45, 2.75) is 52.2 Å². The fraction of sp³-hybridized carbons (Fsp3) is 0.600. The van der Waals surface area contributed by atoms with Gasteiger partial charge in [-0.1, -0.05) is 52.0 Å². The quantitative estimate of drug-likeness (QED) is 0.692. The first kappa shape index (κ1) is 21.2. The van der Waals surface area contributed by atoms with Crippen LogP contribution in [-0.4, -0.2) is 51.8 Å². The lowest BCUT2D eigenvalue weighted by Gasteiger charge is -2.25. The Balaban J connectivity index is 1.86. The maximum atomic E-state index is 11.8. The van der Waals surface area contributed by atoms with Crippen molar-refractivity contribution in [3.05, 3.63) is 34.6 Å². The Hall–Kier alpha value is -1.51. The Morgan fingerprint density at radius 3 is 2.39 bits per heavy atom. The fourth-order valence-electron chi connectivity index (χ4n) is 3.66. The summed E-state index contributed by atoms with van der Waals surface area (Å²) in [6, 6.07) is 8.48. The summed E-state index contributed by atoms with van der Waals surface area (Å²) in [6.07, 6.45) is 0.678. The topological polar surface area (TPSA) is 60.1 Å². The molecule has 0 N–H and O–H groups in total. The van der Waals surface area contributed by atoms with Gasteiger partial charge in [-0.2, -0.15) is 5.10 Å². The van der Waals surface area contributed by atoms with Crippen molar-refractivity contribution in [1.82, 2.24) is 19.2 Å². The zero-order chi connectivity index (χ0) is 20.7. The predicted octanol–water partition coefficient (Wildman–Crippen LogP) is 3.38. The summed E-state index contributed by atoms with van der Waals surface area (Å²) < 4.78 is 28.0. The highest BCUT2D eigenvalue weighted by molar-refractivity contribution is 7.91. The molecular weight excluding hydrogens is 392 g/mol. The largest absolute Gasteiger partial charge is 0.303 e. The molecular formula is C20H30N4O2S2. The van der Waals surface area contributed by atoms with Gasteiger partial charge in [0, 0.05) is 18.7 Å². The van der Waals surface area contributed by atoms with E-state index in [0.717, 1.165) is 17.9 Å². The standard InChI is InChI=1S/C20H30N4O2S2/c1-6-23(17-11-12-28(25,26)13-17)14-24-19(27)22(5)18(21-24)15-7-9-16(10-8-15)20(2,3)4/h7-10,17H,6,11-14H2,1-5H3. The van der Waals surface area contributed by atoms with Gasteiger partial charge in [-0.15, -0.1) is 0 Å². The Labute approximate surface area is 173 Å². The normalized spacial score (nSPS) is 19.4. The van der Waals surface area contributed by atoms with Crippen molar-refractivity contribution >= 4 is 22.1 Å². The van der Waals surface area contributed by atoms with Gasteiger partial charge in [0.15, 0.2) is 20.4 Å². The fourth-order valence-corrected chi connectivity index (χ4v) is 5.61. The molecule has 8 heteroatoms. The zero-order valence-corrected chi connectivity index (χ0v) is 19.0. The Morgan fingerprint density at radius 1 is 1.25 bits per heavy atom. The van der Waals surface area contributed by atoms with Crippen LogP contribution >= 0.6 is 12.2 Å². The third kappa shape index (κ3) is 4.39. The summed E-state index contributed by atoms with van der Waals surface area (Å²) in [7, 11) is -0.992. The molecule has 1 fully saturated rings. The van der Waals surface area contributed by atoms with E-state index in [-0.39, 0.29) is 23.0 Å². The predicted molar refractivity (Wildman–Crippen MR) is 116 cm³/mol. The second kappa shape index (κ2) is 7.72. The zero-order valence-electron chi connectivity index (χ0n) is 17.3. The number of hydrogen-bond acceptors (Lipinski definition) is 5. The first-order chi connectivity index (χ1) is 13.0. The molecule has 1 aliphatic rings. The van der Waals surface area contributed by atoms with Crippen molar-refractivity contribution in [1.29, 1.82) is 0 Å². The van der Waals surface area contributed by atoms with Gasteiger partial charge in [-0.25, -0.2) is 13.1 Å². The highest BCUT2D eigenvalue weighted by atomic mass is 32.2. The lowest BCUT2D eigenvalue weighted by Crippen LogP contribution is -2.37. The summed E-state index contributed by atoms with van der Waals surface area (Å²) in [5, 5.41) is 4.75. The monoisotopic (exact) mass is 422 g/mol. The van der Waals surface area contributed by atoms with E-state index in [1.807, 2.05) is 18.5 Å². The van der Waals surface area contributed by atoms with Crippen LogP contribution in [0.15, 0.2) is 24.3 Å².